The minimum atomic E-state index is 0.519. The molecule has 3 saturated carbocycles. The maximum atomic E-state index is 2.79. The molecule has 0 radical (unpaired) electrons. The predicted octanol–water partition coefficient (Wildman–Crippen LogP) is 17.6. The first-order valence-electron chi connectivity index (χ1n) is 23.2. The average Bonchev–Trinajstić information content (AvgIpc) is 3.31. The molecule has 0 bridgehead atoms. The Balaban J connectivity index is 1.26. The first-order chi connectivity index (χ1) is 29.3. The van der Waals surface area contributed by atoms with Crippen LogP contribution in [-0.2, 0) is 0 Å². The second-order valence-electron chi connectivity index (χ2n) is 18.2. The molecule has 3 fully saturated rings. The second kappa shape index (κ2) is 16.0. The lowest BCUT2D eigenvalue weighted by Crippen LogP contribution is -2.19. The van der Waals surface area contributed by atoms with E-state index in [0.717, 1.165) is 0 Å². The molecule has 294 valence electrons. The van der Waals surface area contributed by atoms with Gasteiger partial charge in [0.05, 0.1) is 17.1 Å². The van der Waals surface area contributed by atoms with Gasteiger partial charge in [-0.3, -0.25) is 0 Å². The molecule has 0 unspecified atom stereocenters. The van der Waals surface area contributed by atoms with Crippen LogP contribution >= 0.6 is 0 Å². The maximum absolute atomic E-state index is 2.79. The molecule has 0 spiro atoms. The lowest BCUT2D eigenvalue weighted by atomic mass is 9.79. The van der Waals surface area contributed by atoms with Crippen LogP contribution in [0, 0.1) is 0 Å². The number of hydrogen-bond donors (Lipinski definition) is 0. The Bertz CT molecular complexity index is 2690. The van der Waals surface area contributed by atoms with E-state index in [2.05, 4.69) is 150 Å². The van der Waals surface area contributed by atoms with Crippen LogP contribution < -0.4 is 4.90 Å². The highest BCUT2D eigenvalue weighted by atomic mass is 15.2. The van der Waals surface area contributed by atoms with E-state index in [1.807, 2.05) is 0 Å². The Morgan fingerprint density at radius 2 is 0.729 bits per heavy atom. The summed E-state index contributed by atoms with van der Waals surface area (Å²) in [4.78, 5) is 2.79. The van der Waals surface area contributed by atoms with Gasteiger partial charge in [0.2, 0.25) is 0 Å². The van der Waals surface area contributed by atoms with Crippen molar-refractivity contribution in [2.45, 2.75) is 114 Å². The third-order valence-electron chi connectivity index (χ3n) is 14.8. The highest BCUT2D eigenvalue weighted by molar-refractivity contribution is 6.13. The molecule has 0 aliphatic heterocycles. The van der Waals surface area contributed by atoms with Crippen molar-refractivity contribution in [3.05, 3.63) is 162 Å². The molecule has 0 aromatic heterocycles. The van der Waals surface area contributed by atoms with Crippen LogP contribution in [0.1, 0.15) is 131 Å². The summed E-state index contributed by atoms with van der Waals surface area (Å²) >= 11 is 0. The molecule has 0 saturated heterocycles. The van der Waals surface area contributed by atoms with Crippen LogP contribution in [0.15, 0.2) is 146 Å². The van der Waals surface area contributed by atoms with Gasteiger partial charge >= 0.3 is 0 Å². The van der Waals surface area contributed by atoms with Crippen LogP contribution in [0.2, 0.25) is 0 Å². The molecule has 1 nitrogen and oxygen atoms in total. The van der Waals surface area contributed by atoms with Gasteiger partial charge in [-0.2, -0.15) is 0 Å². The van der Waals surface area contributed by atoms with E-state index in [1.54, 1.807) is 16.7 Å². The summed E-state index contributed by atoms with van der Waals surface area (Å²) in [5.74, 6) is 1.67. The molecular formula is C58H57N. The van der Waals surface area contributed by atoms with E-state index < -0.39 is 0 Å². The summed E-state index contributed by atoms with van der Waals surface area (Å²) in [6, 6.07) is 56.8. The van der Waals surface area contributed by atoms with Crippen molar-refractivity contribution in [2.75, 3.05) is 4.90 Å². The van der Waals surface area contributed by atoms with Crippen LogP contribution in [0.4, 0.5) is 17.1 Å². The molecule has 11 rings (SSSR count). The van der Waals surface area contributed by atoms with E-state index >= 15 is 0 Å². The van der Waals surface area contributed by atoms with Crippen LogP contribution in [-0.4, -0.2) is 0 Å². The fraction of sp³-hybridized carbons (Fsp3) is 0.310. The summed E-state index contributed by atoms with van der Waals surface area (Å²) in [6.45, 7) is 0. The Labute approximate surface area is 351 Å². The molecule has 3 aliphatic rings. The fourth-order valence-corrected chi connectivity index (χ4v) is 12.0. The van der Waals surface area contributed by atoms with Crippen molar-refractivity contribution in [1.29, 1.82) is 0 Å². The maximum Gasteiger partial charge on any atom is 0.0546 e. The second-order valence-corrected chi connectivity index (χ2v) is 18.2. The van der Waals surface area contributed by atoms with Crippen molar-refractivity contribution in [3.63, 3.8) is 0 Å². The summed E-state index contributed by atoms with van der Waals surface area (Å²) < 4.78 is 0. The van der Waals surface area contributed by atoms with E-state index in [-0.39, 0.29) is 0 Å². The van der Waals surface area contributed by atoms with Crippen molar-refractivity contribution >= 4 is 60.2 Å². The summed E-state index contributed by atoms with van der Waals surface area (Å²) in [6.07, 6.45) is 19.5. The topological polar surface area (TPSA) is 3.24 Å². The van der Waals surface area contributed by atoms with Gasteiger partial charge in [0.25, 0.3) is 0 Å². The molecule has 0 N–H and O–H groups in total. The van der Waals surface area contributed by atoms with E-state index in [9.17, 15) is 0 Å². The highest BCUT2D eigenvalue weighted by Gasteiger charge is 2.31. The Morgan fingerprint density at radius 3 is 1.29 bits per heavy atom. The monoisotopic (exact) mass is 767 g/mol. The molecular weight excluding hydrogens is 711 g/mol. The minimum Gasteiger partial charge on any atom is -0.309 e. The number of hydrogen-bond acceptors (Lipinski definition) is 1. The Hall–Kier alpha value is -5.40. The van der Waals surface area contributed by atoms with Crippen LogP contribution in [0.3, 0.4) is 0 Å². The largest absolute Gasteiger partial charge is 0.309 e. The van der Waals surface area contributed by atoms with Gasteiger partial charge in [-0.1, -0.05) is 185 Å². The fourth-order valence-electron chi connectivity index (χ4n) is 12.0. The summed E-state index contributed by atoms with van der Waals surface area (Å²) in [5, 5.41) is 11.0. The smallest absolute Gasteiger partial charge is 0.0546 e. The van der Waals surface area contributed by atoms with Gasteiger partial charge in [0.15, 0.2) is 0 Å². The van der Waals surface area contributed by atoms with Crippen molar-refractivity contribution in [2.24, 2.45) is 0 Å². The van der Waals surface area contributed by atoms with E-state index in [1.165, 1.54) is 168 Å². The van der Waals surface area contributed by atoms with Crippen molar-refractivity contribution in [1.82, 2.24) is 0 Å². The highest BCUT2D eigenvalue weighted by Crippen LogP contribution is 2.54. The summed E-state index contributed by atoms with van der Waals surface area (Å²) in [5.41, 5.74) is 11.3. The van der Waals surface area contributed by atoms with Crippen LogP contribution in [0.25, 0.3) is 54.2 Å². The molecule has 0 atom stereocenters. The Kier molecular flexibility index (Phi) is 9.93. The standard InChI is InChI=1S/C58H57N/c1-4-18-40(19-5-1)46-30-16-32-51-50(46)31-17-33-52(51)58-49-29-15-12-22-43(49)36-39-55(58)59(53-37-34-41-20-10-13-27-47(41)56(53)44-23-6-2-7-24-44)54-38-35-42-21-11-14-28-48(42)57(54)45-25-8-3-9-26-45/h10-17,20-22,27-40,44-45H,1-9,18-19,23-26H2. The van der Waals surface area contributed by atoms with Crippen molar-refractivity contribution < 1.29 is 0 Å². The van der Waals surface area contributed by atoms with Gasteiger partial charge in [0, 0.05) is 5.56 Å². The molecule has 59 heavy (non-hydrogen) atoms. The van der Waals surface area contributed by atoms with Gasteiger partial charge < -0.3 is 4.90 Å². The minimum absolute atomic E-state index is 0.519. The zero-order chi connectivity index (χ0) is 39.1. The number of fused-ring (bicyclic) bond motifs is 4. The quantitative estimate of drug-likeness (QED) is 0.156. The van der Waals surface area contributed by atoms with Gasteiger partial charge in [-0.05, 0) is 140 Å². The molecule has 0 amide bonds. The van der Waals surface area contributed by atoms with Gasteiger partial charge in [-0.15, -0.1) is 0 Å². The lowest BCUT2D eigenvalue weighted by Gasteiger charge is -2.37. The number of nitrogens with zero attached hydrogens (tertiary/aromatic N) is 1. The summed E-state index contributed by atoms with van der Waals surface area (Å²) in [7, 11) is 0. The molecule has 1 heteroatoms. The SMILES string of the molecule is c1ccc2c(-c3cccc4c(C5CCCCC5)cccc34)c(N(c3ccc4ccccc4c3C3CCCCC3)c3ccc4ccccc4c3C3CCCCC3)ccc2c1. The number of benzene rings is 8. The van der Waals surface area contributed by atoms with E-state index in [0.29, 0.717) is 17.8 Å². The normalized spacial score (nSPS) is 17.3. The molecule has 8 aromatic carbocycles. The number of anilines is 3. The first kappa shape index (κ1) is 36.7. The van der Waals surface area contributed by atoms with Gasteiger partial charge in [0.1, 0.15) is 0 Å². The molecule has 3 aliphatic carbocycles. The number of rotatable bonds is 7. The van der Waals surface area contributed by atoms with Crippen LogP contribution in [0.5, 0.6) is 0 Å². The first-order valence-corrected chi connectivity index (χ1v) is 23.2. The predicted molar refractivity (Wildman–Crippen MR) is 254 cm³/mol. The third kappa shape index (κ3) is 6.62. The van der Waals surface area contributed by atoms with Crippen molar-refractivity contribution in [3.8, 4) is 11.1 Å². The third-order valence-corrected chi connectivity index (χ3v) is 14.8. The Morgan fingerprint density at radius 1 is 0.305 bits per heavy atom. The van der Waals surface area contributed by atoms with Gasteiger partial charge in [-0.25, -0.2) is 0 Å². The lowest BCUT2D eigenvalue weighted by molar-refractivity contribution is 0.445. The zero-order valence-electron chi connectivity index (χ0n) is 34.6. The van der Waals surface area contributed by atoms with E-state index in [4.69, 9.17) is 0 Å². The average molecular weight is 768 g/mol. The zero-order valence-corrected chi connectivity index (χ0v) is 34.6. The molecule has 8 aromatic rings. The molecule has 0 heterocycles.